The van der Waals surface area contributed by atoms with Crippen molar-refractivity contribution < 1.29 is 4.74 Å². The van der Waals surface area contributed by atoms with E-state index in [1.807, 2.05) is 0 Å². The number of hydrogen-bond donors (Lipinski definition) is 0. The third kappa shape index (κ3) is 7.08. The molecule has 0 bridgehead atoms. The van der Waals surface area contributed by atoms with Gasteiger partial charge in [-0.25, -0.2) is 0 Å². The van der Waals surface area contributed by atoms with Crippen molar-refractivity contribution in [1.82, 2.24) is 0 Å². The van der Waals surface area contributed by atoms with Gasteiger partial charge >= 0.3 is 0 Å². The van der Waals surface area contributed by atoms with Crippen LogP contribution in [0.15, 0.2) is 0 Å². The molecule has 0 spiro atoms. The minimum Gasteiger partial charge on any atom is -0.374 e. The van der Waals surface area contributed by atoms with Crippen molar-refractivity contribution in [3.63, 3.8) is 0 Å². The summed E-state index contributed by atoms with van der Waals surface area (Å²) in [7, 11) is 0. The maximum atomic E-state index is 6.41. The number of ether oxygens (including phenoxy) is 1. The van der Waals surface area contributed by atoms with Crippen molar-refractivity contribution >= 4 is 0 Å². The number of hydrogen-bond acceptors (Lipinski definition) is 1. The summed E-state index contributed by atoms with van der Waals surface area (Å²) in [6, 6.07) is 0. The fourth-order valence-corrected chi connectivity index (χ4v) is 2.33. The Kier molecular flexibility index (Phi) is 6.76. The first kappa shape index (κ1) is 17.0. The van der Waals surface area contributed by atoms with E-state index in [1.165, 1.54) is 0 Å². The molecule has 0 amide bonds. The Morgan fingerprint density at radius 1 is 0.765 bits per heavy atom. The highest BCUT2D eigenvalue weighted by atomic mass is 16.5. The maximum Gasteiger partial charge on any atom is 0.0624 e. The highest BCUT2D eigenvalue weighted by Gasteiger charge is 2.27. The maximum absolute atomic E-state index is 6.41. The molecule has 0 aromatic heterocycles. The lowest BCUT2D eigenvalue weighted by Gasteiger charge is -2.35. The summed E-state index contributed by atoms with van der Waals surface area (Å²) in [4.78, 5) is 0. The second-order valence-electron chi connectivity index (χ2n) is 7.64. The van der Waals surface area contributed by atoms with E-state index < -0.39 is 0 Å². The molecular weight excluding hydrogens is 208 g/mol. The lowest BCUT2D eigenvalue weighted by molar-refractivity contribution is -0.0908. The molecule has 0 radical (unpaired) electrons. The molecular formula is C16H34O. The van der Waals surface area contributed by atoms with Crippen LogP contribution in [0.4, 0.5) is 0 Å². The van der Waals surface area contributed by atoms with Crippen LogP contribution in [0.25, 0.3) is 0 Å². The van der Waals surface area contributed by atoms with E-state index >= 15 is 0 Å². The predicted molar refractivity (Wildman–Crippen MR) is 77.2 cm³/mol. The lowest BCUT2D eigenvalue weighted by atomic mass is 9.85. The smallest absolute Gasteiger partial charge is 0.0624 e. The lowest BCUT2D eigenvalue weighted by Crippen LogP contribution is -2.35. The van der Waals surface area contributed by atoms with Crippen LogP contribution in [-0.2, 0) is 4.74 Å². The molecule has 0 heterocycles. The normalized spacial score (nSPS) is 15.4. The third-order valence-electron chi connectivity index (χ3n) is 3.20. The van der Waals surface area contributed by atoms with E-state index in [0.29, 0.717) is 35.4 Å². The van der Waals surface area contributed by atoms with Crippen LogP contribution >= 0.6 is 0 Å². The molecule has 1 atom stereocenters. The van der Waals surface area contributed by atoms with Gasteiger partial charge in [0.2, 0.25) is 0 Å². The van der Waals surface area contributed by atoms with Gasteiger partial charge < -0.3 is 4.74 Å². The third-order valence-corrected chi connectivity index (χ3v) is 3.20. The van der Waals surface area contributed by atoms with Crippen LogP contribution in [0.2, 0.25) is 0 Å². The van der Waals surface area contributed by atoms with Crippen LogP contribution in [0.5, 0.6) is 0 Å². The van der Waals surface area contributed by atoms with E-state index in [4.69, 9.17) is 4.74 Å². The standard InChI is InChI=1S/C16H34O/c1-11(2)14(10-16(7,8)9)17-15(12(3)4)13(5)6/h11-15H,10H2,1-9H3. The van der Waals surface area contributed by atoms with Gasteiger partial charge in [-0.2, -0.15) is 0 Å². The van der Waals surface area contributed by atoms with Gasteiger partial charge in [0.15, 0.2) is 0 Å². The second kappa shape index (κ2) is 6.78. The Bertz CT molecular complexity index is 190. The molecule has 0 aliphatic heterocycles. The summed E-state index contributed by atoms with van der Waals surface area (Å²) < 4.78 is 6.41. The number of rotatable bonds is 6. The summed E-state index contributed by atoms with van der Waals surface area (Å²) in [6.45, 7) is 20.5. The van der Waals surface area contributed by atoms with Crippen molar-refractivity contribution in [3.8, 4) is 0 Å². The molecule has 0 fully saturated rings. The van der Waals surface area contributed by atoms with E-state index in [-0.39, 0.29) is 0 Å². The molecule has 1 unspecified atom stereocenters. The molecule has 104 valence electrons. The average Bonchev–Trinajstić information content (AvgIpc) is 2.08. The van der Waals surface area contributed by atoms with Gasteiger partial charge in [0.1, 0.15) is 0 Å². The fraction of sp³-hybridized carbons (Fsp3) is 1.00. The van der Waals surface area contributed by atoms with E-state index in [0.717, 1.165) is 6.42 Å². The summed E-state index contributed by atoms with van der Waals surface area (Å²) in [5.41, 5.74) is 0.341. The monoisotopic (exact) mass is 242 g/mol. The van der Waals surface area contributed by atoms with Crippen LogP contribution in [0.3, 0.4) is 0 Å². The molecule has 0 aromatic rings. The summed E-state index contributed by atoms with van der Waals surface area (Å²) in [5, 5.41) is 0. The van der Waals surface area contributed by atoms with Crippen molar-refractivity contribution in [1.29, 1.82) is 0 Å². The van der Waals surface area contributed by atoms with Gasteiger partial charge in [-0.1, -0.05) is 62.3 Å². The van der Waals surface area contributed by atoms with Crippen molar-refractivity contribution in [3.05, 3.63) is 0 Å². The fourth-order valence-electron chi connectivity index (χ4n) is 2.33. The molecule has 17 heavy (non-hydrogen) atoms. The first-order valence-electron chi connectivity index (χ1n) is 7.20. The predicted octanol–water partition coefficient (Wildman–Crippen LogP) is 5.14. The van der Waals surface area contributed by atoms with Crippen LogP contribution in [0.1, 0.15) is 68.7 Å². The molecule has 0 aliphatic carbocycles. The Morgan fingerprint density at radius 3 is 1.41 bits per heavy atom. The first-order chi connectivity index (χ1) is 7.54. The first-order valence-corrected chi connectivity index (χ1v) is 7.20. The highest BCUT2D eigenvalue weighted by molar-refractivity contribution is 4.76. The summed E-state index contributed by atoms with van der Waals surface area (Å²) in [5.74, 6) is 1.78. The van der Waals surface area contributed by atoms with E-state index in [9.17, 15) is 0 Å². The van der Waals surface area contributed by atoms with Gasteiger partial charge in [0.25, 0.3) is 0 Å². The molecule has 0 aliphatic rings. The molecule has 0 saturated heterocycles. The van der Waals surface area contributed by atoms with Crippen molar-refractivity contribution in [2.24, 2.45) is 23.2 Å². The average molecular weight is 242 g/mol. The zero-order chi connectivity index (χ0) is 13.8. The van der Waals surface area contributed by atoms with Crippen LogP contribution in [0, 0.1) is 23.2 Å². The SMILES string of the molecule is CC(C)C(CC(C)(C)C)OC(C(C)C)C(C)C. The van der Waals surface area contributed by atoms with Gasteiger partial charge in [-0.05, 0) is 29.6 Å². The minimum atomic E-state index is 0.341. The molecule has 0 rings (SSSR count). The Morgan fingerprint density at radius 2 is 1.18 bits per heavy atom. The van der Waals surface area contributed by atoms with Gasteiger partial charge in [0.05, 0.1) is 12.2 Å². The Balaban J connectivity index is 4.62. The van der Waals surface area contributed by atoms with Crippen molar-refractivity contribution in [2.45, 2.75) is 80.9 Å². The van der Waals surface area contributed by atoms with E-state index in [1.54, 1.807) is 0 Å². The largest absolute Gasteiger partial charge is 0.374 e. The molecule has 0 aromatic carbocycles. The topological polar surface area (TPSA) is 9.23 Å². The summed E-state index contributed by atoms with van der Waals surface area (Å²) in [6.07, 6.45) is 1.90. The van der Waals surface area contributed by atoms with Gasteiger partial charge in [0, 0.05) is 0 Å². The van der Waals surface area contributed by atoms with Crippen LogP contribution in [-0.4, -0.2) is 12.2 Å². The Labute approximate surface area is 109 Å². The molecule has 0 N–H and O–H groups in total. The Hall–Kier alpha value is -0.0400. The van der Waals surface area contributed by atoms with Gasteiger partial charge in [-0.3, -0.25) is 0 Å². The van der Waals surface area contributed by atoms with E-state index in [2.05, 4.69) is 62.3 Å². The molecule has 1 heteroatoms. The quantitative estimate of drug-likeness (QED) is 0.626. The zero-order valence-corrected chi connectivity index (χ0v) is 13.5. The van der Waals surface area contributed by atoms with Crippen LogP contribution < -0.4 is 0 Å². The molecule has 0 saturated carbocycles. The highest BCUT2D eigenvalue weighted by Crippen LogP contribution is 2.29. The summed E-state index contributed by atoms with van der Waals surface area (Å²) >= 11 is 0. The minimum absolute atomic E-state index is 0.341. The zero-order valence-electron chi connectivity index (χ0n) is 13.5. The molecule has 1 nitrogen and oxygen atoms in total. The van der Waals surface area contributed by atoms with Gasteiger partial charge in [-0.15, -0.1) is 0 Å². The van der Waals surface area contributed by atoms with Crippen molar-refractivity contribution in [2.75, 3.05) is 0 Å². The second-order valence-corrected chi connectivity index (χ2v) is 7.64.